The summed E-state index contributed by atoms with van der Waals surface area (Å²) in [5.74, 6) is 1.83. The van der Waals surface area contributed by atoms with E-state index in [0.29, 0.717) is 0 Å². The van der Waals surface area contributed by atoms with E-state index in [1.54, 1.807) is 0 Å². The lowest BCUT2D eigenvalue weighted by Gasteiger charge is -2.26. The average Bonchev–Trinajstić information content (AvgIpc) is 3.64. The fourth-order valence-electron chi connectivity index (χ4n) is 6.74. The molecule has 4 nitrogen and oxygen atoms in total. The minimum atomic E-state index is -0.580. The van der Waals surface area contributed by atoms with E-state index in [1.165, 1.54) is 33.5 Å². The summed E-state index contributed by atoms with van der Waals surface area (Å²) >= 11 is 0. The Morgan fingerprint density at radius 2 is 1.41 bits per heavy atom. The number of nitrogens with zero attached hydrogens (tertiary/aromatic N) is 3. The molecule has 172 valence electrons. The highest BCUT2D eigenvalue weighted by atomic mass is 16.5. The zero-order valence-corrected chi connectivity index (χ0v) is 19.9. The summed E-state index contributed by atoms with van der Waals surface area (Å²) in [6.07, 6.45) is 6.55. The van der Waals surface area contributed by atoms with Gasteiger partial charge in [0.2, 0.25) is 11.9 Å². The van der Waals surface area contributed by atoms with Crippen LogP contribution in [0.25, 0.3) is 39.2 Å². The number of pyridine rings is 1. The van der Waals surface area contributed by atoms with E-state index in [-0.39, 0.29) is 0 Å². The van der Waals surface area contributed by atoms with Crippen molar-refractivity contribution in [3.8, 4) is 50.7 Å². The number of fused-ring (bicyclic) bond motifs is 4. The van der Waals surface area contributed by atoms with Crippen molar-refractivity contribution in [3.05, 3.63) is 139 Å². The first kappa shape index (κ1) is 19.3. The lowest BCUT2D eigenvalue weighted by atomic mass is 9.81. The molecule has 9 rings (SSSR count). The van der Waals surface area contributed by atoms with Gasteiger partial charge in [-0.1, -0.05) is 66.7 Å². The Hall–Kier alpha value is -4.96. The van der Waals surface area contributed by atoms with E-state index in [1.807, 2.05) is 0 Å². The van der Waals surface area contributed by atoms with Crippen molar-refractivity contribution in [2.45, 2.75) is 5.66 Å². The van der Waals surface area contributed by atoms with Crippen LogP contribution in [-0.4, -0.2) is 4.68 Å². The van der Waals surface area contributed by atoms with E-state index >= 15 is 0 Å². The van der Waals surface area contributed by atoms with Gasteiger partial charge in [-0.05, 0) is 45.6 Å². The molecule has 3 aliphatic rings. The van der Waals surface area contributed by atoms with Crippen LogP contribution in [0.5, 0.6) is 11.5 Å². The largest absolute Gasteiger partial charge is 0.455 e. The molecule has 37 heavy (non-hydrogen) atoms. The Bertz CT molecular complexity index is 1910. The third-order valence-electron chi connectivity index (χ3n) is 8.09. The number of ether oxygens (including phenoxy) is 1. The van der Waals surface area contributed by atoms with Crippen molar-refractivity contribution >= 4 is 0 Å². The number of benzene rings is 4. The summed E-state index contributed by atoms with van der Waals surface area (Å²) < 4.78 is 14.0. The highest BCUT2D eigenvalue weighted by Crippen LogP contribution is 2.59. The molecule has 1 atom stereocenters. The van der Waals surface area contributed by atoms with Crippen molar-refractivity contribution in [3.63, 3.8) is 0 Å². The molecule has 3 aliphatic heterocycles. The van der Waals surface area contributed by atoms with E-state index in [4.69, 9.17) is 4.74 Å². The molecule has 4 aromatic carbocycles. The number of hydrogen-bond acceptors (Lipinski definition) is 1. The number of hydrogen-bond donors (Lipinski definition) is 0. The zero-order valence-electron chi connectivity index (χ0n) is 19.9. The van der Waals surface area contributed by atoms with Gasteiger partial charge in [-0.25, -0.2) is 0 Å². The fraction of sp³-hybridized carbons (Fsp3) is 0.0303. The average molecular weight is 476 g/mol. The Balaban J connectivity index is 1.54. The van der Waals surface area contributed by atoms with Gasteiger partial charge in [0.25, 0.3) is 0 Å². The SMILES string of the molecule is c1ccc(-c2cc(-c3ccccc3)c3c4c2Oc2cccc5c2C4([n+]2ccccc2-3)[n+]2cccn2-5)cc1. The highest BCUT2D eigenvalue weighted by Gasteiger charge is 2.72. The first-order chi connectivity index (χ1) is 18.4. The molecule has 1 unspecified atom stereocenters. The predicted octanol–water partition coefficient (Wildman–Crippen LogP) is 6.08. The van der Waals surface area contributed by atoms with Crippen LogP contribution in [0.15, 0.2) is 128 Å². The summed E-state index contributed by atoms with van der Waals surface area (Å²) in [7, 11) is 0. The van der Waals surface area contributed by atoms with Crippen molar-refractivity contribution in [2.75, 3.05) is 0 Å². The van der Waals surface area contributed by atoms with Crippen molar-refractivity contribution < 1.29 is 14.0 Å². The van der Waals surface area contributed by atoms with Crippen LogP contribution in [0.1, 0.15) is 11.1 Å². The van der Waals surface area contributed by atoms with Crippen LogP contribution in [-0.2, 0) is 5.66 Å². The van der Waals surface area contributed by atoms with E-state index in [9.17, 15) is 0 Å². The Morgan fingerprint density at radius 3 is 2.22 bits per heavy atom. The van der Waals surface area contributed by atoms with Gasteiger partial charge in [0, 0.05) is 23.8 Å². The van der Waals surface area contributed by atoms with Crippen LogP contribution in [0.2, 0.25) is 0 Å². The van der Waals surface area contributed by atoms with Crippen LogP contribution < -0.4 is 14.0 Å². The van der Waals surface area contributed by atoms with E-state index in [2.05, 4.69) is 142 Å². The minimum absolute atomic E-state index is 0.580. The molecule has 0 radical (unpaired) electrons. The van der Waals surface area contributed by atoms with Gasteiger partial charge >= 0.3 is 5.66 Å². The Morgan fingerprint density at radius 1 is 0.649 bits per heavy atom. The second-order valence-corrected chi connectivity index (χ2v) is 9.84. The topological polar surface area (TPSA) is 21.9 Å². The second kappa shape index (κ2) is 6.62. The standard InChI is InChI=1S/C33H21N3O/c1-3-11-22(12-4-1)24-21-25(23-13-5-2-6-14-23)32-31-29(24)26-15-7-8-18-34(26)33(31)30-27(16-9-17-28(30)37-32)35-19-10-20-36(33)35/h1-21H/q+2. The monoisotopic (exact) mass is 475 g/mol. The highest BCUT2D eigenvalue weighted by molar-refractivity contribution is 5.94. The molecule has 0 bridgehead atoms. The summed E-state index contributed by atoms with van der Waals surface area (Å²) in [6.45, 7) is 0. The van der Waals surface area contributed by atoms with Gasteiger partial charge in [-0.2, -0.15) is 0 Å². The van der Waals surface area contributed by atoms with Gasteiger partial charge in [0.15, 0.2) is 23.1 Å². The second-order valence-electron chi connectivity index (χ2n) is 9.84. The van der Waals surface area contributed by atoms with Crippen molar-refractivity contribution in [2.24, 2.45) is 0 Å². The van der Waals surface area contributed by atoms with Gasteiger partial charge in [0.1, 0.15) is 11.4 Å². The molecule has 0 fully saturated rings. The van der Waals surface area contributed by atoms with Gasteiger partial charge in [-0.3, -0.25) is 0 Å². The lowest BCUT2D eigenvalue weighted by Crippen LogP contribution is -2.73. The van der Waals surface area contributed by atoms with Crippen molar-refractivity contribution in [1.29, 1.82) is 0 Å². The van der Waals surface area contributed by atoms with Gasteiger partial charge in [-0.15, -0.1) is 9.25 Å². The zero-order chi connectivity index (χ0) is 24.1. The Labute approximate surface area is 213 Å². The summed E-state index contributed by atoms with van der Waals surface area (Å²) in [6, 6.07) is 38.7. The Kier molecular flexibility index (Phi) is 3.45. The molecule has 5 heterocycles. The summed E-state index contributed by atoms with van der Waals surface area (Å²) in [5.41, 5.74) is 10.0. The first-order valence-corrected chi connectivity index (χ1v) is 12.6. The number of rotatable bonds is 2. The van der Waals surface area contributed by atoms with Gasteiger partial charge < -0.3 is 4.74 Å². The molecule has 0 saturated carbocycles. The summed E-state index contributed by atoms with van der Waals surface area (Å²) in [4.78, 5) is 0. The quantitative estimate of drug-likeness (QED) is 0.278. The van der Waals surface area contributed by atoms with Gasteiger partial charge in [0.05, 0.1) is 11.8 Å². The first-order valence-electron chi connectivity index (χ1n) is 12.6. The maximum absolute atomic E-state index is 6.92. The molecule has 1 spiro atoms. The molecule has 0 amide bonds. The van der Waals surface area contributed by atoms with Crippen LogP contribution in [0.4, 0.5) is 0 Å². The fourth-order valence-corrected chi connectivity index (χ4v) is 6.74. The third kappa shape index (κ3) is 2.16. The molecule has 0 N–H and O–H groups in total. The van der Waals surface area contributed by atoms with Crippen molar-refractivity contribution in [1.82, 2.24) is 4.68 Å². The van der Waals surface area contributed by atoms with E-state index in [0.717, 1.165) is 28.3 Å². The molecule has 4 heteroatoms. The molecule has 0 aliphatic carbocycles. The molecular weight excluding hydrogens is 454 g/mol. The smallest absolute Gasteiger partial charge is 0.447 e. The third-order valence-corrected chi connectivity index (χ3v) is 8.09. The molecule has 2 aromatic heterocycles. The molecule has 6 aromatic rings. The molecule has 0 saturated heterocycles. The lowest BCUT2D eigenvalue weighted by molar-refractivity contribution is -0.988. The van der Waals surface area contributed by atoms with Crippen LogP contribution >= 0.6 is 0 Å². The van der Waals surface area contributed by atoms with Crippen LogP contribution in [0.3, 0.4) is 0 Å². The predicted molar refractivity (Wildman–Crippen MR) is 141 cm³/mol. The number of aromatic nitrogens is 3. The van der Waals surface area contributed by atoms with E-state index < -0.39 is 5.66 Å². The molecular formula is C33H21N3O+2. The minimum Gasteiger partial charge on any atom is -0.455 e. The maximum Gasteiger partial charge on any atom is 0.447 e. The normalized spacial score (nSPS) is 17.0. The maximum atomic E-state index is 6.92. The van der Waals surface area contributed by atoms with Crippen LogP contribution in [0, 0.1) is 0 Å². The summed E-state index contributed by atoms with van der Waals surface area (Å²) in [5, 5.41) is 0.